The molecule has 0 amide bonds. The Labute approximate surface area is 135 Å². The summed E-state index contributed by atoms with van der Waals surface area (Å²) in [5.41, 5.74) is 2.52. The number of rotatable bonds is 4. The maximum Gasteiger partial charge on any atom is 0.244 e. The fourth-order valence-electron chi connectivity index (χ4n) is 3.09. The quantitative estimate of drug-likeness (QED) is 0.931. The highest BCUT2D eigenvalue weighted by Gasteiger charge is 2.29. The summed E-state index contributed by atoms with van der Waals surface area (Å²) in [6, 6.07) is 13.1. The molecule has 6 heteroatoms. The number of benzene rings is 2. The highest BCUT2D eigenvalue weighted by Crippen LogP contribution is 2.37. The standard InChI is InChI=1S/C17H17NO4S/c19-23(20,16-7-3-6-15-17(16)22-9-8-21-15)18-11-13-10-12-4-1-2-5-14(12)13/h1-7,13,18H,8-11H2/t13-/m1/s1. The molecular weight excluding hydrogens is 314 g/mol. The number of hydrogen-bond donors (Lipinski definition) is 1. The van der Waals surface area contributed by atoms with Crippen LogP contribution in [0.15, 0.2) is 47.4 Å². The average molecular weight is 331 g/mol. The minimum atomic E-state index is -3.63. The lowest BCUT2D eigenvalue weighted by Crippen LogP contribution is -2.33. The summed E-state index contributed by atoms with van der Waals surface area (Å²) in [5.74, 6) is 1.02. The van der Waals surface area contributed by atoms with Gasteiger partial charge in [0.1, 0.15) is 18.1 Å². The van der Waals surface area contributed by atoms with Crippen molar-refractivity contribution in [3.63, 3.8) is 0 Å². The predicted molar refractivity (Wildman–Crippen MR) is 85.5 cm³/mol. The molecule has 0 saturated heterocycles. The van der Waals surface area contributed by atoms with E-state index < -0.39 is 10.0 Å². The average Bonchev–Trinajstić information content (AvgIpc) is 2.55. The van der Waals surface area contributed by atoms with Gasteiger partial charge in [-0.25, -0.2) is 13.1 Å². The Bertz CT molecular complexity index is 847. The molecule has 0 bridgehead atoms. The lowest BCUT2D eigenvalue weighted by Gasteiger charge is -2.30. The summed E-state index contributed by atoms with van der Waals surface area (Å²) in [6.45, 7) is 1.18. The molecule has 5 nitrogen and oxygen atoms in total. The smallest absolute Gasteiger partial charge is 0.244 e. The second kappa shape index (κ2) is 5.54. The number of hydrogen-bond acceptors (Lipinski definition) is 4. The van der Waals surface area contributed by atoms with Crippen molar-refractivity contribution >= 4 is 10.0 Å². The first kappa shape index (κ1) is 14.5. The van der Waals surface area contributed by atoms with Crippen molar-refractivity contribution in [2.75, 3.05) is 19.8 Å². The van der Waals surface area contributed by atoms with Crippen LogP contribution in [0.25, 0.3) is 0 Å². The fourth-order valence-corrected chi connectivity index (χ4v) is 4.33. The van der Waals surface area contributed by atoms with E-state index in [9.17, 15) is 8.42 Å². The number of sulfonamides is 1. The van der Waals surface area contributed by atoms with Gasteiger partial charge in [0.15, 0.2) is 11.5 Å². The van der Waals surface area contributed by atoms with Gasteiger partial charge in [-0.05, 0) is 29.7 Å². The SMILES string of the molecule is O=S(=O)(NC[C@H]1Cc2ccccc21)c1cccc2c1OCCO2. The van der Waals surface area contributed by atoms with E-state index in [1.165, 1.54) is 11.1 Å². The largest absolute Gasteiger partial charge is 0.486 e. The molecule has 2 aliphatic rings. The van der Waals surface area contributed by atoms with Crippen LogP contribution >= 0.6 is 0 Å². The number of ether oxygens (including phenoxy) is 2. The van der Waals surface area contributed by atoms with Gasteiger partial charge in [-0.15, -0.1) is 0 Å². The Morgan fingerprint density at radius 3 is 2.74 bits per heavy atom. The Balaban J connectivity index is 1.53. The topological polar surface area (TPSA) is 64.6 Å². The summed E-state index contributed by atoms with van der Waals surface area (Å²) < 4.78 is 38.9. The van der Waals surface area contributed by atoms with E-state index in [1.54, 1.807) is 18.2 Å². The highest BCUT2D eigenvalue weighted by molar-refractivity contribution is 7.89. The van der Waals surface area contributed by atoms with Crippen LogP contribution in [0, 0.1) is 0 Å². The van der Waals surface area contributed by atoms with Gasteiger partial charge in [-0.2, -0.15) is 0 Å². The predicted octanol–water partition coefficient (Wildman–Crippen LogP) is 2.08. The van der Waals surface area contributed by atoms with Crippen molar-refractivity contribution in [2.24, 2.45) is 0 Å². The molecule has 4 rings (SSSR count). The maximum absolute atomic E-state index is 12.6. The maximum atomic E-state index is 12.6. The summed E-state index contributed by atoms with van der Waals surface area (Å²) >= 11 is 0. The van der Waals surface area contributed by atoms with Gasteiger partial charge in [0.2, 0.25) is 10.0 Å². The Hall–Kier alpha value is -2.05. The minimum Gasteiger partial charge on any atom is -0.486 e. The molecule has 1 atom stereocenters. The molecule has 1 N–H and O–H groups in total. The minimum absolute atomic E-state index is 0.141. The van der Waals surface area contributed by atoms with Gasteiger partial charge in [0.05, 0.1) is 0 Å². The Morgan fingerprint density at radius 2 is 1.87 bits per heavy atom. The lowest BCUT2D eigenvalue weighted by molar-refractivity contribution is 0.167. The van der Waals surface area contributed by atoms with Gasteiger partial charge in [-0.1, -0.05) is 30.3 Å². The lowest BCUT2D eigenvalue weighted by atomic mass is 9.78. The molecule has 2 aromatic rings. The number of fused-ring (bicyclic) bond motifs is 2. The van der Waals surface area contributed by atoms with Crippen molar-refractivity contribution < 1.29 is 17.9 Å². The van der Waals surface area contributed by atoms with E-state index in [1.807, 2.05) is 12.1 Å². The van der Waals surface area contributed by atoms with Crippen LogP contribution in [0.5, 0.6) is 11.5 Å². The van der Waals surface area contributed by atoms with E-state index in [0.29, 0.717) is 31.3 Å². The van der Waals surface area contributed by atoms with E-state index in [0.717, 1.165) is 6.42 Å². The molecule has 120 valence electrons. The van der Waals surface area contributed by atoms with Gasteiger partial charge >= 0.3 is 0 Å². The summed E-state index contributed by atoms with van der Waals surface area (Å²) in [7, 11) is -3.63. The van der Waals surface area contributed by atoms with Crippen molar-refractivity contribution in [3.05, 3.63) is 53.6 Å². The van der Waals surface area contributed by atoms with Gasteiger partial charge in [0, 0.05) is 12.5 Å². The van der Waals surface area contributed by atoms with Crippen LogP contribution in [0.3, 0.4) is 0 Å². The first-order valence-corrected chi connectivity index (χ1v) is 9.09. The summed E-state index contributed by atoms with van der Waals surface area (Å²) in [4.78, 5) is 0.141. The number of para-hydroxylation sites is 1. The van der Waals surface area contributed by atoms with Crippen LogP contribution in [-0.4, -0.2) is 28.2 Å². The van der Waals surface area contributed by atoms with E-state index in [4.69, 9.17) is 9.47 Å². The normalized spacial score (nSPS) is 18.9. The van der Waals surface area contributed by atoms with Crippen LogP contribution in [-0.2, 0) is 16.4 Å². The molecular formula is C17H17NO4S. The molecule has 1 aliphatic heterocycles. The molecule has 0 saturated carbocycles. The molecule has 0 unspecified atom stereocenters. The monoisotopic (exact) mass is 331 g/mol. The summed E-state index contributed by atoms with van der Waals surface area (Å²) in [5, 5.41) is 0. The third-order valence-electron chi connectivity index (χ3n) is 4.30. The third-order valence-corrected chi connectivity index (χ3v) is 5.75. The van der Waals surface area contributed by atoms with Gasteiger partial charge < -0.3 is 9.47 Å². The van der Waals surface area contributed by atoms with E-state index in [-0.39, 0.29) is 10.8 Å². The van der Waals surface area contributed by atoms with Crippen molar-refractivity contribution in [1.82, 2.24) is 4.72 Å². The van der Waals surface area contributed by atoms with Crippen molar-refractivity contribution in [1.29, 1.82) is 0 Å². The second-order valence-electron chi connectivity index (χ2n) is 5.73. The van der Waals surface area contributed by atoms with E-state index in [2.05, 4.69) is 16.9 Å². The zero-order valence-electron chi connectivity index (χ0n) is 12.5. The third kappa shape index (κ3) is 2.58. The second-order valence-corrected chi connectivity index (χ2v) is 7.47. The Morgan fingerprint density at radius 1 is 1.04 bits per heavy atom. The first-order valence-electron chi connectivity index (χ1n) is 7.61. The van der Waals surface area contributed by atoms with Crippen molar-refractivity contribution in [3.8, 4) is 11.5 Å². The van der Waals surface area contributed by atoms with Crippen LogP contribution in [0.1, 0.15) is 17.0 Å². The molecule has 2 aromatic carbocycles. The molecule has 1 heterocycles. The van der Waals surface area contributed by atoms with Crippen molar-refractivity contribution in [2.45, 2.75) is 17.2 Å². The fraction of sp³-hybridized carbons (Fsp3) is 0.294. The zero-order valence-corrected chi connectivity index (χ0v) is 13.3. The van der Waals surface area contributed by atoms with Gasteiger partial charge in [0.25, 0.3) is 0 Å². The first-order chi connectivity index (χ1) is 11.1. The van der Waals surface area contributed by atoms with Crippen LogP contribution in [0.4, 0.5) is 0 Å². The van der Waals surface area contributed by atoms with Crippen LogP contribution < -0.4 is 14.2 Å². The Kier molecular flexibility index (Phi) is 3.50. The molecule has 0 radical (unpaired) electrons. The molecule has 1 aliphatic carbocycles. The molecule has 0 spiro atoms. The van der Waals surface area contributed by atoms with E-state index >= 15 is 0 Å². The molecule has 23 heavy (non-hydrogen) atoms. The van der Waals surface area contributed by atoms with Crippen LogP contribution in [0.2, 0.25) is 0 Å². The molecule has 0 fully saturated rings. The molecule has 0 aromatic heterocycles. The van der Waals surface area contributed by atoms with Gasteiger partial charge in [-0.3, -0.25) is 0 Å². The zero-order chi connectivity index (χ0) is 15.9. The highest BCUT2D eigenvalue weighted by atomic mass is 32.2. The number of nitrogens with one attached hydrogen (secondary N) is 1. The summed E-state index contributed by atoms with van der Waals surface area (Å²) in [6.07, 6.45) is 0.908.